The molecule has 0 aliphatic carbocycles. The summed E-state index contributed by atoms with van der Waals surface area (Å²) in [4.78, 5) is 6.14. The quantitative estimate of drug-likeness (QED) is 0.829. The van der Waals surface area contributed by atoms with E-state index in [9.17, 15) is 0 Å². The number of hydrogen-bond donors (Lipinski definition) is 1. The third-order valence-electron chi connectivity index (χ3n) is 2.89. The van der Waals surface area contributed by atoms with Gasteiger partial charge >= 0.3 is 0 Å². The Labute approximate surface area is 119 Å². The lowest BCUT2D eigenvalue weighted by Gasteiger charge is -2.04. The maximum absolute atomic E-state index is 4.78. The third-order valence-corrected chi connectivity index (χ3v) is 4.20. The first-order valence-corrected chi connectivity index (χ1v) is 7.69. The van der Waals surface area contributed by atoms with Crippen LogP contribution in [0.5, 0.6) is 0 Å². The van der Waals surface area contributed by atoms with E-state index in [1.165, 1.54) is 10.4 Å². The lowest BCUT2D eigenvalue weighted by Crippen LogP contribution is -2.07. The number of nitrogens with one attached hydrogen (secondary N) is 1. The summed E-state index contributed by atoms with van der Waals surface area (Å²) >= 11 is 1.78. The van der Waals surface area contributed by atoms with Gasteiger partial charge in [-0.05, 0) is 11.8 Å². The Morgan fingerprint density at radius 2 is 1.79 bits per heavy atom. The van der Waals surface area contributed by atoms with Gasteiger partial charge in [0.25, 0.3) is 0 Å². The highest BCUT2D eigenvalue weighted by molar-refractivity contribution is 7.16. The summed E-state index contributed by atoms with van der Waals surface area (Å²) in [5.74, 6) is 1.13. The Bertz CT molecular complexity index is 515. The molecule has 0 bridgehead atoms. The van der Waals surface area contributed by atoms with Gasteiger partial charge in [0, 0.05) is 17.0 Å². The van der Waals surface area contributed by atoms with Crippen LogP contribution in [0, 0.1) is 5.92 Å². The fourth-order valence-corrected chi connectivity index (χ4v) is 2.89. The van der Waals surface area contributed by atoms with E-state index in [1.807, 2.05) is 6.07 Å². The predicted molar refractivity (Wildman–Crippen MR) is 85.0 cm³/mol. The van der Waals surface area contributed by atoms with Crippen LogP contribution in [0.15, 0.2) is 30.3 Å². The fraction of sp³-hybridized carbons (Fsp3) is 0.438. The average molecular weight is 274 g/mol. The van der Waals surface area contributed by atoms with Crippen LogP contribution >= 0.6 is 11.3 Å². The van der Waals surface area contributed by atoms with Crippen LogP contribution in [-0.2, 0) is 0 Å². The first kappa shape index (κ1) is 14.1. The van der Waals surface area contributed by atoms with Crippen LogP contribution in [-0.4, -0.2) is 11.5 Å². The first-order valence-electron chi connectivity index (χ1n) is 6.88. The zero-order chi connectivity index (χ0) is 13.8. The number of aromatic nitrogens is 1. The van der Waals surface area contributed by atoms with Crippen molar-refractivity contribution >= 4 is 16.5 Å². The Hall–Kier alpha value is -1.35. The molecule has 2 aromatic rings. The molecule has 1 aromatic heterocycles. The van der Waals surface area contributed by atoms with Crippen molar-refractivity contribution in [3.63, 3.8) is 0 Å². The molecule has 2 rings (SSSR count). The first-order chi connectivity index (χ1) is 9.08. The van der Waals surface area contributed by atoms with Crippen molar-refractivity contribution in [2.45, 2.75) is 33.6 Å². The van der Waals surface area contributed by atoms with E-state index in [0.29, 0.717) is 11.8 Å². The summed E-state index contributed by atoms with van der Waals surface area (Å²) in [5.41, 5.74) is 2.34. The molecule has 19 heavy (non-hydrogen) atoms. The van der Waals surface area contributed by atoms with E-state index in [1.54, 1.807) is 11.3 Å². The van der Waals surface area contributed by atoms with Crippen molar-refractivity contribution in [1.29, 1.82) is 0 Å². The van der Waals surface area contributed by atoms with Gasteiger partial charge in [0.1, 0.15) is 0 Å². The van der Waals surface area contributed by atoms with Crippen molar-refractivity contribution in [3.05, 3.63) is 35.2 Å². The van der Waals surface area contributed by atoms with Gasteiger partial charge in [-0.15, -0.1) is 11.3 Å². The Morgan fingerprint density at radius 1 is 1.11 bits per heavy atom. The van der Waals surface area contributed by atoms with Gasteiger partial charge in [-0.25, -0.2) is 4.98 Å². The zero-order valence-electron chi connectivity index (χ0n) is 12.1. The smallest absolute Gasteiger partial charge is 0.183 e. The maximum Gasteiger partial charge on any atom is 0.183 e. The van der Waals surface area contributed by atoms with Crippen LogP contribution < -0.4 is 5.32 Å². The van der Waals surface area contributed by atoms with Crippen LogP contribution in [0.25, 0.3) is 11.3 Å². The molecule has 2 nitrogen and oxygen atoms in total. The minimum atomic E-state index is 0.502. The molecule has 0 saturated heterocycles. The Morgan fingerprint density at radius 3 is 2.37 bits per heavy atom. The van der Waals surface area contributed by atoms with Gasteiger partial charge in [0.15, 0.2) is 5.13 Å². The van der Waals surface area contributed by atoms with Gasteiger partial charge in [-0.2, -0.15) is 0 Å². The number of nitrogens with zero attached hydrogens (tertiary/aromatic N) is 1. The molecule has 0 unspecified atom stereocenters. The number of hydrogen-bond acceptors (Lipinski definition) is 3. The minimum Gasteiger partial charge on any atom is -0.361 e. The highest BCUT2D eigenvalue weighted by Crippen LogP contribution is 2.36. The third kappa shape index (κ3) is 3.57. The summed E-state index contributed by atoms with van der Waals surface area (Å²) in [5, 5.41) is 4.48. The molecule has 1 aromatic carbocycles. The molecule has 0 amide bonds. The standard InChI is InChI=1S/C16H22N2S/c1-11(2)10-17-16-18-14(15(19-16)12(3)4)13-8-6-5-7-9-13/h5-9,11-12H,10H2,1-4H3,(H,17,18). The monoisotopic (exact) mass is 274 g/mol. The normalized spacial score (nSPS) is 11.3. The molecule has 0 radical (unpaired) electrons. The van der Waals surface area contributed by atoms with Crippen LogP contribution in [0.2, 0.25) is 0 Å². The molecule has 0 aliphatic heterocycles. The highest BCUT2D eigenvalue weighted by Gasteiger charge is 2.15. The molecule has 1 heterocycles. The van der Waals surface area contributed by atoms with Crippen molar-refractivity contribution in [3.8, 4) is 11.3 Å². The average Bonchev–Trinajstić information content (AvgIpc) is 2.82. The molecular weight excluding hydrogens is 252 g/mol. The highest BCUT2D eigenvalue weighted by atomic mass is 32.1. The van der Waals surface area contributed by atoms with E-state index in [-0.39, 0.29) is 0 Å². The van der Waals surface area contributed by atoms with E-state index in [0.717, 1.165) is 17.4 Å². The lowest BCUT2D eigenvalue weighted by molar-refractivity contribution is 0.688. The van der Waals surface area contributed by atoms with Crippen molar-refractivity contribution in [2.75, 3.05) is 11.9 Å². The lowest BCUT2D eigenvalue weighted by atomic mass is 10.1. The number of rotatable bonds is 5. The second-order valence-electron chi connectivity index (χ2n) is 5.53. The molecule has 0 saturated carbocycles. The largest absolute Gasteiger partial charge is 0.361 e. The second-order valence-corrected chi connectivity index (χ2v) is 6.56. The Kier molecular flexibility index (Phi) is 4.59. The van der Waals surface area contributed by atoms with Gasteiger partial charge in [0.2, 0.25) is 0 Å². The zero-order valence-corrected chi connectivity index (χ0v) is 12.9. The van der Waals surface area contributed by atoms with Crippen LogP contribution in [0.4, 0.5) is 5.13 Å². The molecule has 0 spiro atoms. The van der Waals surface area contributed by atoms with Gasteiger partial charge in [-0.3, -0.25) is 0 Å². The van der Waals surface area contributed by atoms with Gasteiger partial charge in [-0.1, -0.05) is 58.0 Å². The van der Waals surface area contributed by atoms with Crippen molar-refractivity contribution < 1.29 is 0 Å². The molecule has 0 aliphatic rings. The van der Waals surface area contributed by atoms with Gasteiger partial charge in [0.05, 0.1) is 5.69 Å². The van der Waals surface area contributed by atoms with Crippen molar-refractivity contribution in [1.82, 2.24) is 4.98 Å². The molecule has 0 atom stereocenters. The predicted octanol–water partition coefficient (Wildman–Crippen LogP) is 5.00. The number of anilines is 1. The summed E-state index contributed by atoms with van der Waals surface area (Å²) in [6.07, 6.45) is 0. The van der Waals surface area contributed by atoms with E-state index in [4.69, 9.17) is 4.98 Å². The van der Waals surface area contributed by atoms with Crippen LogP contribution in [0.3, 0.4) is 0 Å². The van der Waals surface area contributed by atoms with E-state index in [2.05, 4.69) is 57.3 Å². The van der Waals surface area contributed by atoms with E-state index >= 15 is 0 Å². The molecular formula is C16H22N2S. The topological polar surface area (TPSA) is 24.9 Å². The summed E-state index contributed by atoms with van der Waals surface area (Å²) in [6.45, 7) is 9.85. The Balaban J connectivity index is 2.31. The van der Waals surface area contributed by atoms with Crippen molar-refractivity contribution in [2.24, 2.45) is 5.92 Å². The summed E-state index contributed by atoms with van der Waals surface area (Å²) in [7, 11) is 0. The van der Waals surface area contributed by atoms with E-state index < -0.39 is 0 Å². The summed E-state index contributed by atoms with van der Waals surface area (Å²) < 4.78 is 0. The maximum atomic E-state index is 4.78. The number of benzene rings is 1. The SMILES string of the molecule is CC(C)CNc1nc(-c2ccccc2)c(C(C)C)s1. The molecule has 102 valence electrons. The molecule has 3 heteroatoms. The van der Waals surface area contributed by atoms with Crippen LogP contribution in [0.1, 0.15) is 38.5 Å². The fourth-order valence-electron chi connectivity index (χ4n) is 1.89. The number of thiazole rings is 1. The second kappa shape index (κ2) is 6.20. The molecule has 1 N–H and O–H groups in total. The summed E-state index contributed by atoms with van der Waals surface area (Å²) in [6, 6.07) is 10.4. The molecule has 0 fully saturated rings. The minimum absolute atomic E-state index is 0.502. The van der Waals surface area contributed by atoms with Gasteiger partial charge < -0.3 is 5.32 Å².